The van der Waals surface area contributed by atoms with Gasteiger partial charge in [0.2, 0.25) is 17.7 Å². The molecule has 0 fully saturated rings. The molecule has 3 amide bonds. The lowest BCUT2D eigenvalue weighted by atomic mass is 9.99. The van der Waals surface area contributed by atoms with Crippen LogP contribution in [0.5, 0.6) is 0 Å². The highest BCUT2D eigenvalue weighted by molar-refractivity contribution is 7.98. The number of thioether (sulfide) groups is 1. The zero-order valence-corrected chi connectivity index (χ0v) is 18.6. The van der Waals surface area contributed by atoms with E-state index >= 15 is 0 Å². The van der Waals surface area contributed by atoms with Crippen LogP contribution in [0.3, 0.4) is 0 Å². The van der Waals surface area contributed by atoms with Crippen LogP contribution in [0.2, 0.25) is 0 Å². The summed E-state index contributed by atoms with van der Waals surface area (Å²) in [5.74, 6) is -3.04. The van der Waals surface area contributed by atoms with Gasteiger partial charge in [-0.1, -0.05) is 20.3 Å². The predicted octanol–water partition coefficient (Wildman–Crippen LogP) is -1.43. The van der Waals surface area contributed by atoms with Crippen LogP contribution >= 0.6 is 24.4 Å². The average Bonchev–Trinajstić information content (AvgIpc) is 2.70. The summed E-state index contributed by atoms with van der Waals surface area (Å²) in [5, 5.41) is 25.8. The average molecular weight is 453 g/mol. The highest BCUT2D eigenvalue weighted by Gasteiger charge is 2.31. The molecule has 0 bridgehead atoms. The maximum absolute atomic E-state index is 12.4. The number of carbonyl (C=O) groups excluding carboxylic acids is 3. The number of hydrogen-bond acceptors (Lipinski definition) is 8. The van der Waals surface area contributed by atoms with Crippen molar-refractivity contribution in [2.75, 3.05) is 24.4 Å². The van der Waals surface area contributed by atoms with E-state index in [2.05, 4.69) is 28.6 Å². The Morgan fingerprint density at radius 1 is 1.07 bits per heavy atom. The zero-order chi connectivity index (χ0) is 22.6. The third-order valence-corrected chi connectivity index (χ3v) is 5.39. The highest BCUT2D eigenvalue weighted by Crippen LogP contribution is 2.08. The molecular weight excluding hydrogens is 420 g/mol. The molecule has 0 saturated carbocycles. The molecule has 0 rings (SSSR count). The third-order valence-electron chi connectivity index (χ3n) is 4.38. The Hall–Kier alpha value is -1.50. The van der Waals surface area contributed by atoms with Crippen molar-refractivity contribution in [3.63, 3.8) is 0 Å². The van der Waals surface area contributed by atoms with Crippen LogP contribution in [0, 0.1) is 5.92 Å². The Labute approximate surface area is 180 Å². The molecule has 7 N–H and O–H groups in total. The molecule has 0 aliphatic carbocycles. The van der Waals surface area contributed by atoms with Crippen LogP contribution in [-0.4, -0.2) is 82.4 Å². The van der Waals surface area contributed by atoms with Gasteiger partial charge in [-0.2, -0.15) is 24.4 Å². The molecule has 5 atom stereocenters. The van der Waals surface area contributed by atoms with E-state index in [1.165, 1.54) is 11.8 Å². The lowest BCUT2D eigenvalue weighted by Gasteiger charge is -2.25. The number of hydrogen-bond donors (Lipinski definition) is 7. The van der Waals surface area contributed by atoms with Crippen LogP contribution < -0.4 is 21.7 Å². The molecule has 0 aromatic heterocycles. The second-order valence-electron chi connectivity index (χ2n) is 6.59. The first-order chi connectivity index (χ1) is 13.6. The Morgan fingerprint density at radius 3 is 2.07 bits per heavy atom. The first kappa shape index (κ1) is 27.5. The number of nitrogens with one attached hydrogen (secondary N) is 3. The highest BCUT2D eigenvalue weighted by atomic mass is 32.2. The summed E-state index contributed by atoms with van der Waals surface area (Å²) in [4.78, 5) is 48.2. The van der Waals surface area contributed by atoms with Gasteiger partial charge in [0, 0.05) is 5.75 Å². The second kappa shape index (κ2) is 14.5. The molecule has 29 heavy (non-hydrogen) atoms. The van der Waals surface area contributed by atoms with Crippen molar-refractivity contribution >= 4 is 48.1 Å². The third kappa shape index (κ3) is 9.70. The smallest absolute Gasteiger partial charge is 0.326 e. The van der Waals surface area contributed by atoms with Gasteiger partial charge >= 0.3 is 5.97 Å². The first-order valence-electron chi connectivity index (χ1n) is 9.22. The molecule has 0 radical (unpaired) electrons. The Balaban J connectivity index is 4.98. The molecule has 0 aliphatic rings. The number of aliphatic hydroxyl groups is 1. The molecule has 0 heterocycles. The van der Waals surface area contributed by atoms with Gasteiger partial charge in [0.15, 0.2) is 0 Å². The summed E-state index contributed by atoms with van der Waals surface area (Å²) >= 11 is 5.57. The second-order valence-corrected chi connectivity index (χ2v) is 7.94. The monoisotopic (exact) mass is 452 g/mol. The quantitative estimate of drug-likeness (QED) is 0.157. The number of amides is 3. The van der Waals surface area contributed by atoms with Crippen molar-refractivity contribution in [3.8, 4) is 0 Å². The molecule has 0 saturated heterocycles. The number of thiol groups is 1. The molecule has 0 aromatic rings. The lowest BCUT2D eigenvalue weighted by molar-refractivity contribution is -0.144. The van der Waals surface area contributed by atoms with E-state index in [1.807, 2.05) is 6.26 Å². The van der Waals surface area contributed by atoms with E-state index in [9.17, 15) is 29.4 Å². The van der Waals surface area contributed by atoms with Crippen molar-refractivity contribution in [1.29, 1.82) is 0 Å². The fourth-order valence-corrected chi connectivity index (χ4v) is 3.00. The summed E-state index contributed by atoms with van der Waals surface area (Å²) in [6, 6.07) is -4.40. The van der Waals surface area contributed by atoms with Crippen LogP contribution in [-0.2, 0) is 19.2 Å². The zero-order valence-electron chi connectivity index (χ0n) is 16.9. The minimum Gasteiger partial charge on any atom is -0.480 e. The standard InChI is InChI=1S/C17H32N4O6S2/c1-4-9(2)13(17(26)27)21-15(24)11(7-22)19-16(25)12(8-28)20-14(23)10(18)5-6-29-3/h9-13,22,28H,4-8,18H2,1-3H3,(H,19,25)(H,20,23)(H,21,24)(H,26,27). The number of carbonyl (C=O) groups is 4. The summed E-state index contributed by atoms with van der Waals surface area (Å²) in [7, 11) is 0. The van der Waals surface area contributed by atoms with Gasteiger partial charge in [0.05, 0.1) is 12.6 Å². The van der Waals surface area contributed by atoms with Crippen molar-refractivity contribution in [3.05, 3.63) is 0 Å². The van der Waals surface area contributed by atoms with Gasteiger partial charge in [-0.05, 0) is 24.3 Å². The largest absolute Gasteiger partial charge is 0.480 e. The maximum Gasteiger partial charge on any atom is 0.326 e. The summed E-state index contributed by atoms with van der Waals surface area (Å²) in [6.07, 6.45) is 2.82. The van der Waals surface area contributed by atoms with Crippen LogP contribution in [0.15, 0.2) is 0 Å². The minimum atomic E-state index is -1.38. The van der Waals surface area contributed by atoms with E-state index < -0.39 is 54.5 Å². The first-order valence-corrected chi connectivity index (χ1v) is 11.3. The molecule has 0 aliphatic heterocycles. The topological polar surface area (TPSA) is 171 Å². The molecule has 0 aromatic carbocycles. The number of carboxylic acids is 1. The SMILES string of the molecule is CCC(C)C(NC(=O)C(CO)NC(=O)C(CS)NC(=O)C(N)CCSC)C(=O)O. The molecule has 12 heteroatoms. The Morgan fingerprint density at radius 2 is 1.62 bits per heavy atom. The van der Waals surface area contributed by atoms with Crippen molar-refractivity contribution in [2.24, 2.45) is 11.7 Å². The van der Waals surface area contributed by atoms with Crippen molar-refractivity contribution in [1.82, 2.24) is 16.0 Å². The van der Waals surface area contributed by atoms with Gasteiger partial charge in [-0.3, -0.25) is 14.4 Å². The molecule has 5 unspecified atom stereocenters. The van der Waals surface area contributed by atoms with Crippen molar-refractivity contribution in [2.45, 2.75) is 50.9 Å². The fraction of sp³-hybridized carbons (Fsp3) is 0.765. The van der Waals surface area contributed by atoms with E-state index in [0.29, 0.717) is 18.6 Å². The fourth-order valence-electron chi connectivity index (χ4n) is 2.25. The minimum absolute atomic E-state index is 0.0583. The summed E-state index contributed by atoms with van der Waals surface area (Å²) in [6.45, 7) is 2.70. The van der Waals surface area contributed by atoms with Crippen LogP contribution in [0.1, 0.15) is 26.7 Å². The number of rotatable bonds is 14. The predicted molar refractivity (Wildman–Crippen MR) is 115 cm³/mol. The molecular formula is C17H32N4O6S2. The molecule has 10 nitrogen and oxygen atoms in total. The Bertz CT molecular complexity index is 566. The van der Waals surface area contributed by atoms with Gasteiger partial charge in [0.25, 0.3) is 0 Å². The maximum atomic E-state index is 12.4. The normalized spacial score (nSPS) is 16.1. The molecule has 0 spiro atoms. The number of aliphatic carboxylic acids is 1. The van der Waals surface area contributed by atoms with E-state index in [4.69, 9.17) is 5.73 Å². The van der Waals surface area contributed by atoms with Gasteiger partial charge < -0.3 is 31.9 Å². The van der Waals surface area contributed by atoms with Crippen LogP contribution in [0.25, 0.3) is 0 Å². The van der Waals surface area contributed by atoms with Crippen LogP contribution in [0.4, 0.5) is 0 Å². The van der Waals surface area contributed by atoms with Gasteiger partial charge in [-0.15, -0.1) is 0 Å². The van der Waals surface area contributed by atoms with E-state index in [0.717, 1.165) is 0 Å². The van der Waals surface area contributed by atoms with Gasteiger partial charge in [0.1, 0.15) is 18.1 Å². The number of aliphatic hydroxyl groups excluding tert-OH is 1. The summed E-state index contributed by atoms with van der Waals surface area (Å²) < 4.78 is 0. The van der Waals surface area contributed by atoms with Crippen molar-refractivity contribution < 1.29 is 29.4 Å². The number of carboxylic acid groups (broad SMARTS) is 1. The van der Waals surface area contributed by atoms with Gasteiger partial charge in [-0.25, -0.2) is 4.79 Å². The molecule has 168 valence electrons. The van der Waals surface area contributed by atoms with E-state index in [1.54, 1.807) is 13.8 Å². The summed E-state index contributed by atoms with van der Waals surface area (Å²) in [5.41, 5.74) is 5.76. The number of nitrogens with two attached hydrogens (primary N) is 1. The Kier molecular flexibility index (Phi) is 13.7. The van der Waals surface area contributed by atoms with E-state index in [-0.39, 0.29) is 11.7 Å². The lowest BCUT2D eigenvalue weighted by Crippen LogP contribution is -2.59.